The van der Waals surface area contributed by atoms with Crippen LogP contribution in [-0.2, 0) is 0 Å². The van der Waals surface area contributed by atoms with Gasteiger partial charge in [-0.3, -0.25) is 4.79 Å². The van der Waals surface area contributed by atoms with Gasteiger partial charge in [-0.1, -0.05) is 36.3 Å². The molecule has 0 aliphatic carbocycles. The molecule has 0 aliphatic rings. The van der Waals surface area contributed by atoms with Gasteiger partial charge in [-0.2, -0.15) is 0 Å². The average molecular weight is 435 g/mol. The zero-order valence-corrected chi connectivity index (χ0v) is 18.3. The summed E-state index contributed by atoms with van der Waals surface area (Å²) in [5.41, 5.74) is 10.6. The summed E-state index contributed by atoms with van der Waals surface area (Å²) in [7, 11) is 0. The number of para-hydroxylation sites is 2. The summed E-state index contributed by atoms with van der Waals surface area (Å²) in [4.78, 5) is 17.5. The van der Waals surface area contributed by atoms with Crippen LogP contribution in [0.25, 0.3) is 22.2 Å². The Labute approximate surface area is 190 Å². The minimum atomic E-state index is -0.328. The Morgan fingerprint density at radius 2 is 1.94 bits per heavy atom. The van der Waals surface area contributed by atoms with Gasteiger partial charge in [0, 0.05) is 34.7 Å². The molecule has 7 nitrogen and oxygen atoms in total. The lowest BCUT2D eigenvalue weighted by molar-refractivity contribution is 0.0941. The van der Waals surface area contributed by atoms with Crippen LogP contribution in [-0.4, -0.2) is 25.1 Å². The zero-order chi connectivity index (χ0) is 22.9. The Bertz CT molecular complexity index is 1550. The van der Waals surface area contributed by atoms with Crippen LogP contribution in [0.5, 0.6) is 0 Å². The van der Waals surface area contributed by atoms with Crippen LogP contribution in [0.15, 0.2) is 73.1 Å². The van der Waals surface area contributed by atoms with Crippen molar-refractivity contribution in [3.63, 3.8) is 0 Å². The second-order valence-electron chi connectivity index (χ2n) is 7.70. The number of carbonyl (C=O) groups excluding carboxylic acids is 1. The lowest BCUT2D eigenvalue weighted by atomic mass is 10.1. The van der Waals surface area contributed by atoms with Gasteiger partial charge >= 0.3 is 0 Å². The zero-order valence-electron chi connectivity index (χ0n) is 18.3. The van der Waals surface area contributed by atoms with Crippen LogP contribution >= 0.6 is 0 Å². The van der Waals surface area contributed by atoms with Crippen LogP contribution in [0.4, 0.5) is 5.82 Å². The van der Waals surface area contributed by atoms with Crippen LogP contribution in [0.1, 0.15) is 41.5 Å². The third kappa shape index (κ3) is 3.48. The van der Waals surface area contributed by atoms with E-state index >= 15 is 0 Å². The quantitative estimate of drug-likeness (QED) is 0.417. The minimum absolute atomic E-state index is 0.141. The molecule has 5 rings (SSSR count). The number of fused-ring (bicyclic) bond motifs is 2. The number of carbonyl (C=O) groups is 1. The molecular formula is C26H22N6O. The molecule has 0 spiro atoms. The van der Waals surface area contributed by atoms with Crippen molar-refractivity contribution in [3.05, 3.63) is 89.9 Å². The number of benzene rings is 2. The van der Waals surface area contributed by atoms with Gasteiger partial charge < -0.3 is 15.6 Å². The first-order valence-corrected chi connectivity index (χ1v) is 10.6. The maximum Gasteiger partial charge on any atom is 0.259 e. The summed E-state index contributed by atoms with van der Waals surface area (Å²) in [6.07, 6.45) is 3.32. The Hall–Kier alpha value is -4.57. The first-order valence-electron chi connectivity index (χ1n) is 10.6. The van der Waals surface area contributed by atoms with Gasteiger partial charge in [0.2, 0.25) is 0 Å². The molecule has 0 saturated carbocycles. The van der Waals surface area contributed by atoms with Crippen LogP contribution in [0.2, 0.25) is 0 Å². The summed E-state index contributed by atoms with van der Waals surface area (Å²) in [6, 6.07) is 19.6. The third-order valence-corrected chi connectivity index (χ3v) is 5.57. The number of rotatable bonds is 4. The number of hydrogen-bond donors (Lipinski definition) is 2. The van der Waals surface area contributed by atoms with Crippen molar-refractivity contribution in [1.29, 1.82) is 0 Å². The highest BCUT2D eigenvalue weighted by Crippen LogP contribution is 2.31. The van der Waals surface area contributed by atoms with E-state index in [-0.39, 0.29) is 23.3 Å². The smallest absolute Gasteiger partial charge is 0.259 e. The number of nitrogens with two attached hydrogens (primary N) is 1. The monoisotopic (exact) mass is 434 g/mol. The van der Waals surface area contributed by atoms with E-state index in [4.69, 9.17) is 5.73 Å². The largest absolute Gasteiger partial charge is 0.381 e. The molecule has 1 amide bonds. The Morgan fingerprint density at radius 3 is 2.73 bits per heavy atom. The average Bonchev–Trinajstić information content (AvgIpc) is 3.38. The van der Waals surface area contributed by atoms with Gasteiger partial charge in [0.1, 0.15) is 5.56 Å². The number of nitrogen functional groups attached to an aromatic ring is 1. The number of nitrogens with one attached hydrogen (secondary N) is 1. The van der Waals surface area contributed by atoms with Crippen molar-refractivity contribution in [2.75, 3.05) is 5.73 Å². The molecule has 1 atom stereocenters. The van der Waals surface area contributed by atoms with E-state index in [1.807, 2.05) is 56.3 Å². The fourth-order valence-electron chi connectivity index (χ4n) is 4.15. The molecule has 0 radical (unpaired) electrons. The van der Waals surface area contributed by atoms with Gasteiger partial charge in [-0.15, -0.1) is 11.0 Å². The molecule has 2 aromatic carbocycles. The summed E-state index contributed by atoms with van der Waals surface area (Å²) in [6.45, 7) is 3.78. The van der Waals surface area contributed by atoms with Crippen molar-refractivity contribution in [3.8, 4) is 17.5 Å². The van der Waals surface area contributed by atoms with Crippen molar-refractivity contribution < 1.29 is 4.79 Å². The first kappa shape index (κ1) is 20.3. The predicted molar refractivity (Wildman–Crippen MR) is 129 cm³/mol. The van der Waals surface area contributed by atoms with Gasteiger partial charge in [0.05, 0.1) is 11.6 Å². The second kappa shape index (κ2) is 8.17. The highest BCUT2D eigenvalue weighted by molar-refractivity contribution is 6.04. The number of hydrogen-bond acceptors (Lipinski definition) is 4. The van der Waals surface area contributed by atoms with Crippen molar-refractivity contribution in [2.45, 2.75) is 19.9 Å². The third-order valence-electron chi connectivity index (χ3n) is 5.57. The maximum atomic E-state index is 13.2. The van der Waals surface area contributed by atoms with Gasteiger partial charge in [-0.25, -0.2) is 9.50 Å². The lowest BCUT2D eigenvalue weighted by Gasteiger charge is -2.18. The van der Waals surface area contributed by atoms with Crippen molar-refractivity contribution in [2.24, 2.45) is 0 Å². The van der Waals surface area contributed by atoms with Gasteiger partial charge in [0.15, 0.2) is 11.5 Å². The summed E-state index contributed by atoms with van der Waals surface area (Å²) >= 11 is 0. The SMILES string of the molecule is CC#Cc1cccc2cc([C@@H](C)NC(=O)c3c(N)nn4cccnc34)n(-c3ccccc3)c12. The molecule has 0 fully saturated rings. The fourth-order valence-corrected chi connectivity index (χ4v) is 4.15. The minimum Gasteiger partial charge on any atom is -0.381 e. The van der Waals surface area contributed by atoms with E-state index in [1.54, 1.807) is 18.5 Å². The summed E-state index contributed by atoms with van der Waals surface area (Å²) in [5.74, 6) is 6.03. The number of anilines is 1. The van der Waals surface area contributed by atoms with Crippen LogP contribution < -0.4 is 11.1 Å². The topological polar surface area (TPSA) is 90.2 Å². The highest BCUT2D eigenvalue weighted by atomic mass is 16.1. The van der Waals surface area contributed by atoms with Gasteiger partial charge in [-0.05, 0) is 44.2 Å². The van der Waals surface area contributed by atoms with E-state index < -0.39 is 0 Å². The molecule has 3 heterocycles. The van der Waals surface area contributed by atoms with Crippen molar-refractivity contribution in [1.82, 2.24) is 24.5 Å². The molecular weight excluding hydrogens is 412 g/mol. The molecule has 33 heavy (non-hydrogen) atoms. The summed E-state index contributed by atoms with van der Waals surface area (Å²) in [5, 5.41) is 8.33. The first-order chi connectivity index (χ1) is 16.1. The second-order valence-corrected chi connectivity index (χ2v) is 7.70. The Morgan fingerprint density at radius 1 is 1.12 bits per heavy atom. The highest BCUT2D eigenvalue weighted by Gasteiger charge is 2.24. The predicted octanol–water partition coefficient (Wildman–Crippen LogP) is 4.12. The summed E-state index contributed by atoms with van der Waals surface area (Å²) < 4.78 is 3.66. The Kier molecular flexibility index (Phi) is 5.04. The van der Waals surface area contributed by atoms with Crippen LogP contribution in [0, 0.1) is 11.8 Å². The molecule has 0 saturated heterocycles. The molecule has 0 aliphatic heterocycles. The Balaban J connectivity index is 1.62. The molecule has 5 aromatic rings. The number of aromatic nitrogens is 4. The van der Waals surface area contributed by atoms with Crippen molar-refractivity contribution >= 4 is 28.3 Å². The number of nitrogens with zero attached hydrogens (tertiary/aromatic N) is 4. The van der Waals surface area contributed by atoms with Gasteiger partial charge in [0.25, 0.3) is 5.91 Å². The maximum absolute atomic E-state index is 13.2. The molecule has 3 aromatic heterocycles. The lowest BCUT2D eigenvalue weighted by Crippen LogP contribution is -2.28. The van der Waals surface area contributed by atoms with E-state index in [0.29, 0.717) is 5.65 Å². The van der Waals surface area contributed by atoms with E-state index in [0.717, 1.165) is 27.8 Å². The van der Waals surface area contributed by atoms with Crippen LogP contribution in [0.3, 0.4) is 0 Å². The van der Waals surface area contributed by atoms with E-state index in [1.165, 1.54) is 4.52 Å². The molecule has 162 valence electrons. The molecule has 3 N–H and O–H groups in total. The number of amides is 1. The molecule has 7 heteroatoms. The molecule has 0 bridgehead atoms. The fraction of sp³-hybridized carbons (Fsp3) is 0.115. The standard InChI is InChI=1S/C26H22N6O/c1-3-9-18-10-7-11-19-16-21(32(23(18)19)20-12-5-4-6-13-20)17(2)29-26(33)22-24(27)30-31-15-8-14-28-25(22)31/h4-8,10-17H,1-2H3,(H2,27,30)(H,29,33)/t17-/m1/s1. The van der Waals surface area contributed by atoms with E-state index in [9.17, 15) is 4.79 Å². The van der Waals surface area contributed by atoms with E-state index in [2.05, 4.69) is 43.9 Å². The normalized spacial score (nSPS) is 11.8. The molecule has 0 unspecified atom stereocenters.